The topological polar surface area (TPSA) is 86.6 Å². The first-order valence-corrected chi connectivity index (χ1v) is 10.0. The molecule has 7 nitrogen and oxygen atoms in total. The van der Waals surface area contributed by atoms with E-state index >= 15 is 0 Å². The molecular formula is C23H23ClN4O3. The van der Waals surface area contributed by atoms with Gasteiger partial charge in [-0.15, -0.1) is 0 Å². The van der Waals surface area contributed by atoms with Crippen molar-refractivity contribution in [1.82, 2.24) is 9.97 Å². The lowest BCUT2D eigenvalue weighted by molar-refractivity contribution is -0.136. The fraction of sp³-hybridized carbons (Fsp3) is 0.217. The molecule has 1 N–H and O–H groups in total. The van der Waals surface area contributed by atoms with Gasteiger partial charge in [0.05, 0.1) is 6.42 Å². The number of benzene rings is 2. The summed E-state index contributed by atoms with van der Waals surface area (Å²) < 4.78 is 0. The summed E-state index contributed by atoms with van der Waals surface area (Å²) in [5.74, 6) is -0.106. The Kier molecular flexibility index (Phi) is 6.87. The summed E-state index contributed by atoms with van der Waals surface area (Å²) in [6, 6.07) is 16.6. The number of aromatic nitrogens is 2. The number of hydrogen-bond acceptors (Lipinski definition) is 5. The number of hydrogen-bond donors (Lipinski definition) is 1. The van der Waals surface area contributed by atoms with Crippen LogP contribution < -0.4 is 9.80 Å². The number of carbonyl (C=O) groups is 2. The summed E-state index contributed by atoms with van der Waals surface area (Å²) in [4.78, 5) is 35.9. The van der Waals surface area contributed by atoms with Gasteiger partial charge in [0.2, 0.25) is 0 Å². The molecule has 31 heavy (non-hydrogen) atoms. The second-order valence-corrected chi connectivity index (χ2v) is 7.63. The van der Waals surface area contributed by atoms with E-state index in [0.29, 0.717) is 29.2 Å². The van der Waals surface area contributed by atoms with Crippen LogP contribution in [-0.2, 0) is 17.6 Å². The van der Waals surface area contributed by atoms with E-state index in [1.807, 2.05) is 42.5 Å². The third-order valence-corrected chi connectivity index (χ3v) is 5.06. The predicted octanol–water partition coefficient (Wildman–Crippen LogP) is 3.69. The zero-order valence-corrected chi connectivity index (χ0v) is 18.3. The third-order valence-electron chi connectivity index (χ3n) is 4.74. The molecule has 2 aromatic carbocycles. The first-order valence-electron chi connectivity index (χ1n) is 9.62. The normalized spacial score (nSPS) is 10.6. The second-order valence-electron chi connectivity index (χ2n) is 7.27. The number of carboxylic acids is 1. The molecule has 0 aliphatic heterocycles. The van der Waals surface area contributed by atoms with Gasteiger partial charge in [-0.05, 0) is 29.8 Å². The lowest BCUT2D eigenvalue weighted by Crippen LogP contribution is -2.26. The molecule has 1 aromatic heterocycles. The van der Waals surface area contributed by atoms with Crippen LogP contribution in [0.3, 0.4) is 0 Å². The van der Waals surface area contributed by atoms with Crippen molar-refractivity contribution < 1.29 is 14.7 Å². The van der Waals surface area contributed by atoms with E-state index in [0.717, 1.165) is 11.3 Å². The molecule has 0 saturated carbocycles. The van der Waals surface area contributed by atoms with E-state index in [1.165, 1.54) is 0 Å². The Bertz CT molecular complexity index is 1090. The maximum Gasteiger partial charge on any atom is 0.308 e. The number of amides is 1. The Morgan fingerprint density at radius 1 is 0.968 bits per heavy atom. The first kappa shape index (κ1) is 22.2. The van der Waals surface area contributed by atoms with Crippen molar-refractivity contribution in [1.29, 1.82) is 0 Å². The number of anilines is 2. The molecule has 0 radical (unpaired) electrons. The van der Waals surface area contributed by atoms with E-state index in [2.05, 4.69) is 9.97 Å². The summed E-state index contributed by atoms with van der Waals surface area (Å²) in [5.41, 5.74) is 2.72. The van der Waals surface area contributed by atoms with Gasteiger partial charge in [-0.25, -0.2) is 9.97 Å². The highest BCUT2D eigenvalue weighted by atomic mass is 35.5. The smallest absolute Gasteiger partial charge is 0.308 e. The molecule has 0 unspecified atom stereocenters. The molecule has 160 valence electrons. The van der Waals surface area contributed by atoms with E-state index in [-0.39, 0.29) is 17.5 Å². The molecule has 0 spiro atoms. The van der Waals surface area contributed by atoms with Crippen LogP contribution in [0, 0.1) is 0 Å². The third kappa shape index (κ3) is 5.38. The van der Waals surface area contributed by atoms with Gasteiger partial charge in [0, 0.05) is 44.4 Å². The van der Waals surface area contributed by atoms with Crippen molar-refractivity contribution in [3.05, 3.63) is 82.3 Å². The van der Waals surface area contributed by atoms with Crippen LogP contribution in [0.4, 0.5) is 11.5 Å². The average Bonchev–Trinajstić information content (AvgIpc) is 2.75. The molecule has 0 bridgehead atoms. The molecule has 0 atom stereocenters. The van der Waals surface area contributed by atoms with Crippen LogP contribution in [0.25, 0.3) is 0 Å². The van der Waals surface area contributed by atoms with Crippen LogP contribution in [0.1, 0.15) is 27.3 Å². The van der Waals surface area contributed by atoms with Crippen molar-refractivity contribution in [2.75, 3.05) is 30.9 Å². The van der Waals surface area contributed by atoms with Crippen molar-refractivity contribution >= 4 is 35.0 Å². The van der Waals surface area contributed by atoms with Crippen LogP contribution in [-0.4, -0.2) is 48.1 Å². The number of halogens is 1. The van der Waals surface area contributed by atoms with Gasteiger partial charge >= 0.3 is 5.97 Å². The Morgan fingerprint density at radius 2 is 1.61 bits per heavy atom. The van der Waals surface area contributed by atoms with Gasteiger partial charge in [-0.3, -0.25) is 9.59 Å². The minimum atomic E-state index is -0.994. The molecule has 0 aliphatic carbocycles. The van der Waals surface area contributed by atoms with Crippen LogP contribution in [0.15, 0.2) is 54.6 Å². The first-order chi connectivity index (χ1) is 14.8. The monoisotopic (exact) mass is 438 g/mol. The minimum Gasteiger partial charge on any atom is -0.481 e. The van der Waals surface area contributed by atoms with Crippen molar-refractivity contribution in [3.8, 4) is 0 Å². The molecule has 1 amide bonds. The molecule has 3 aromatic rings. The Morgan fingerprint density at radius 3 is 2.19 bits per heavy atom. The summed E-state index contributed by atoms with van der Waals surface area (Å²) in [6.07, 6.45) is 0.174. The van der Waals surface area contributed by atoms with Gasteiger partial charge in [0.15, 0.2) is 0 Å². The van der Waals surface area contributed by atoms with Crippen molar-refractivity contribution in [3.63, 3.8) is 0 Å². The lowest BCUT2D eigenvalue weighted by Gasteiger charge is -2.18. The maximum atomic E-state index is 12.6. The Labute approximate surface area is 185 Å². The van der Waals surface area contributed by atoms with Crippen molar-refractivity contribution in [2.45, 2.75) is 12.8 Å². The molecule has 0 aliphatic rings. The zero-order valence-electron chi connectivity index (χ0n) is 17.5. The van der Waals surface area contributed by atoms with Crippen molar-refractivity contribution in [2.24, 2.45) is 0 Å². The van der Waals surface area contributed by atoms with E-state index < -0.39 is 5.97 Å². The van der Waals surface area contributed by atoms with E-state index in [1.54, 1.807) is 43.1 Å². The molecule has 0 saturated heterocycles. The maximum absolute atomic E-state index is 12.6. The number of nitrogens with zero attached hydrogens (tertiary/aromatic N) is 4. The number of aliphatic carboxylic acids is 1. The van der Waals surface area contributed by atoms with Gasteiger partial charge in [0.25, 0.3) is 5.91 Å². The number of rotatable bonds is 7. The Balaban J connectivity index is 1.79. The summed E-state index contributed by atoms with van der Waals surface area (Å²) in [6.45, 7) is 0. The highest BCUT2D eigenvalue weighted by Gasteiger charge is 2.18. The second kappa shape index (κ2) is 9.57. The van der Waals surface area contributed by atoms with Crippen LogP contribution >= 0.6 is 11.6 Å². The summed E-state index contributed by atoms with van der Waals surface area (Å²) in [5, 5.41) is 9.26. The summed E-state index contributed by atoms with van der Waals surface area (Å²) in [7, 11) is 5.29. The van der Waals surface area contributed by atoms with Gasteiger partial charge in [-0.2, -0.15) is 0 Å². The highest BCUT2D eigenvalue weighted by molar-refractivity contribution is 6.30. The zero-order chi connectivity index (χ0) is 22.5. The predicted molar refractivity (Wildman–Crippen MR) is 121 cm³/mol. The standard InChI is InChI=1S/C23H23ClN4O3/c1-27(2)22-18(14-20(29)30)21(24)25-19(26-22)13-15-9-11-17(12-10-15)28(3)23(31)16-7-5-4-6-8-16/h4-12H,13-14H2,1-3H3,(H,29,30). The molecule has 0 fully saturated rings. The molecule has 1 heterocycles. The highest BCUT2D eigenvalue weighted by Crippen LogP contribution is 2.25. The fourth-order valence-corrected chi connectivity index (χ4v) is 3.40. The van der Waals surface area contributed by atoms with E-state index in [4.69, 9.17) is 16.7 Å². The number of carbonyl (C=O) groups excluding carboxylic acids is 1. The molecular weight excluding hydrogens is 416 g/mol. The minimum absolute atomic E-state index is 0.0897. The average molecular weight is 439 g/mol. The van der Waals surface area contributed by atoms with Crippen LogP contribution in [0.2, 0.25) is 5.15 Å². The molecule has 8 heteroatoms. The molecule has 3 rings (SSSR count). The largest absolute Gasteiger partial charge is 0.481 e. The Hall–Kier alpha value is -3.45. The lowest BCUT2D eigenvalue weighted by atomic mass is 10.1. The van der Waals surface area contributed by atoms with Gasteiger partial charge in [0.1, 0.15) is 16.8 Å². The van der Waals surface area contributed by atoms with Gasteiger partial charge in [-0.1, -0.05) is 41.9 Å². The van der Waals surface area contributed by atoms with E-state index in [9.17, 15) is 9.59 Å². The summed E-state index contributed by atoms with van der Waals surface area (Å²) >= 11 is 6.26. The van der Waals surface area contributed by atoms with Gasteiger partial charge < -0.3 is 14.9 Å². The SMILES string of the molecule is CN(C)c1nc(Cc2ccc(N(C)C(=O)c3ccccc3)cc2)nc(Cl)c1CC(=O)O. The quantitative estimate of drug-likeness (QED) is 0.566. The fourth-order valence-electron chi connectivity index (χ4n) is 3.15. The number of carboxylic acid groups (broad SMARTS) is 1. The van der Waals surface area contributed by atoms with Crippen LogP contribution in [0.5, 0.6) is 0 Å².